The van der Waals surface area contributed by atoms with E-state index in [4.69, 9.17) is 11.0 Å². The number of nitrogens with one attached hydrogen (secondary N) is 1. The van der Waals surface area contributed by atoms with Crippen molar-refractivity contribution in [1.82, 2.24) is 0 Å². The fraction of sp³-hybridized carbons (Fsp3) is 0.467. The summed E-state index contributed by atoms with van der Waals surface area (Å²) in [6.45, 7) is 0.562. The van der Waals surface area contributed by atoms with Crippen LogP contribution in [0.15, 0.2) is 22.7 Å². The van der Waals surface area contributed by atoms with Gasteiger partial charge < -0.3 is 11.1 Å². The van der Waals surface area contributed by atoms with Gasteiger partial charge in [-0.3, -0.25) is 4.79 Å². The number of rotatable bonds is 3. The van der Waals surface area contributed by atoms with Crippen LogP contribution in [0.3, 0.4) is 0 Å². The molecule has 2 rings (SSSR count). The van der Waals surface area contributed by atoms with Crippen molar-refractivity contribution in [3.8, 4) is 6.07 Å². The molecule has 1 amide bonds. The van der Waals surface area contributed by atoms with E-state index in [0.29, 0.717) is 17.8 Å². The predicted molar refractivity (Wildman–Crippen MR) is 82.0 cm³/mol. The van der Waals surface area contributed by atoms with E-state index in [2.05, 4.69) is 27.3 Å². The molecule has 0 bridgehead atoms. The second-order valence-corrected chi connectivity index (χ2v) is 6.04. The minimum atomic E-state index is -0.00343. The summed E-state index contributed by atoms with van der Waals surface area (Å²) in [5, 5.41) is 11.8. The highest BCUT2D eigenvalue weighted by Crippen LogP contribution is 2.31. The summed E-state index contributed by atoms with van der Waals surface area (Å²) in [6.07, 6.45) is 4.18. The van der Waals surface area contributed by atoms with Gasteiger partial charge in [-0.15, -0.1) is 0 Å². The Bertz CT molecular complexity index is 538. The number of hydrogen-bond acceptors (Lipinski definition) is 3. The van der Waals surface area contributed by atoms with Gasteiger partial charge in [-0.2, -0.15) is 5.26 Å². The molecular weight excluding hydrogens is 318 g/mol. The Kier molecular flexibility index (Phi) is 5.16. The van der Waals surface area contributed by atoms with Gasteiger partial charge in [0.15, 0.2) is 0 Å². The Labute approximate surface area is 127 Å². The zero-order valence-corrected chi connectivity index (χ0v) is 12.8. The summed E-state index contributed by atoms with van der Waals surface area (Å²) in [6, 6.07) is 7.22. The predicted octanol–water partition coefficient (Wildman–Crippen LogP) is 3.02. The SMILES string of the molecule is N#Cc1ccc(NC(=O)C2CCCCC2CN)c(Br)c1. The molecule has 0 radical (unpaired) electrons. The summed E-state index contributed by atoms with van der Waals surface area (Å²) in [4.78, 5) is 12.4. The van der Waals surface area contributed by atoms with E-state index in [0.717, 1.165) is 30.2 Å². The second-order valence-electron chi connectivity index (χ2n) is 5.18. The number of nitriles is 1. The molecule has 0 aromatic heterocycles. The third-order valence-electron chi connectivity index (χ3n) is 3.90. The Morgan fingerprint density at radius 2 is 2.20 bits per heavy atom. The van der Waals surface area contributed by atoms with Crippen LogP contribution < -0.4 is 11.1 Å². The zero-order chi connectivity index (χ0) is 14.5. The van der Waals surface area contributed by atoms with Gasteiger partial charge in [0.1, 0.15) is 0 Å². The highest BCUT2D eigenvalue weighted by Gasteiger charge is 2.30. The van der Waals surface area contributed by atoms with E-state index >= 15 is 0 Å². The van der Waals surface area contributed by atoms with Crippen LogP contribution in [0.2, 0.25) is 0 Å². The van der Waals surface area contributed by atoms with Crippen LogP contribution in [0.25, 0.3) is 0 Å². The average Bonchev–Trinajstić information content (AvgIpc) is 2.49. The van der Waals surface area contributed by atoms with E-state index in [1.54, 1.807) is 18.2 Å². The first kappa shape index (κ1) is 15.0. The minimum Gasteiger partial charge on any atom is -0.330 e. The van der Waals surface area contributed by atoms with Crippen LogP contribution in [0.5, 0.6) is 0 Å². The molecule has 4 nitrogen and oxygen atoms in total. The maximum atomic E-state index is 12.4. The molecule has 3 N–H and O–H groups in total. The first-order chi connectivity index (χ1) is 9.65. The molecule has 0 spiro atoms. The lowest BCUT2D eigenvalue weighted by Crippen LogP contribution is -2.35. The van der Waals surface area contributed by atoms with Crippen LogP contribution in [-0.2, 0) is 4.79 Å². The van der Waals surface area contributed by atoms with Crippen molar-refractivity contribution in [3.05, 3.63) is 28.2 Å². The molecule has 20 heavy (non-hydrogen) atoms. The van der Waals surface area contributed by atoms with E-state index in [1.165, 1.54) is 0 Å². The third-order valence-corrected chi connectivity index (χ3v) is 4.56. The summed E-state index contributed by atoms with van der Waals surface area (Å²) < 4.78 is 0.727. The Morgan fingerprint density at radius 1 is 1.45 bits per heavy atom. The number of carbonyl (C=O) groups is 1. The van der Waals surface area contributed by atoms with Crippen molar-refractivity contribution in [2.24, 2.45) is 17.6 Å². The number of benzene rings is 1. The first-order valence-electron chi connectivity index (χ1n) is 6.86. The van der Waals surface area contributed by atoms with Crippen LogP contribution in [0.4, 0.5) is 5.69 Å². The molecule has 0 heterocycles. The molecule has 1 fully saturated rings. The molecule has 1 aromatic carbocycles. The Hall–Kier alpha value is -1.38. The van der Waals surface area contributed by atoms with Crippen molar-refractivity contribution >= 4 is 27.5 Å². The smallest absolute Gasteiger partial charge is 0.227 e. The number of nitrogens with two attached hydrogens (primary N) is 1. The Morgan fingerprint density at radius 3 is 2.85 bits per heavy atom. The van der Waals surface area contributed by atoms with Crippen LogP contribution in [-0.4, -0.2) is 12.5 Å². The second kappa shape index (κ2) is 6.87. The lowest BCUT2D eigenvalue weighted by molar-refractivity contribution is -0.122. The van der Waals surface area contributed by atoms with Gasteiger partial charge in [0, 0.05) is 10.4 Å². The topological polar surface area (TPSA) is 78.9 Å². The van der Waals surface area contributed by atoms with Gasteiger partial charge in [0.2, 0.25) is 5.91 Å². The molecule has 0 aliphatic heterocycles. The molecule has 2 unspecified atom stereocenters. The van der Waals surface area contributed by atoms with E-state index in [1.807, 2.05) is 0 Å². The van der Waals surface area contributed by atoms with E-state index in [9.17, 15) is 4.79 Å². The maximum absolute atomic E-state index is 12.4. The first-order valence-corrected chi connectivity index (χ1v) is 7.65. The Balaban J connectivity index is 2.09. The molecule has 1 aliphatic rings. The molecule has 1 aromatic rings. The fourth-order valence-corrected chi connectivity index (χ4v) is 3.22. The number of hydrogen-bond donors (Lipinski definition) is 2. The van der Waals surface area contributed by atoms with Gasteiger partial charge in [-0.05, 0) is 59.4 Å². The maximum Gasteiger partial charge on any atom is 0.227 e. The quantitative estimate of drug-likeness (QED) is 0.890. The molecule has 106 valence electrons. The van der Waals surface area contributed by atoms with Crippen LogP contribution in [0.1, 0.15) is 31.2 Å². The van der Waals surface area contributed by atoms with Crippen molar-refractivity contribution in [1.29, 1.82) is 5.26 Å². The van der Waals surface area contributed by atoms with Crippen LogP contribution in [0, 0.1) is 23.2 Å². The molecular formula is C15H18BrN3O. The number of amides is 1. The largest absolute Gasteiger partial charge is 0.330 e. The van der Waals surface area contributed by atoms with E-state index < -0.39 is 0 Å². The minimum absolute atomic E-state index is 0.00343. The number of anilines is 1. The van der Waals surface area contributed by atoms with Gasteiger partial charge in [0.25, 0.3) is 0 Å². The van der Waals surface area contributed by atoms with Crippen LogP contribution >= 0.6 is 15.9 Å². The summed E-state index contributed by atoms with van der Waals surface area (Å²) in [5.41, 5.74) is 7.03. The lowest BCUT2D eigenvalue weighted by Gasteiger charge is -2.29. The van der Waals surface area contributed by atoms with Gasteiger partial charge in [-0.25, -0.2) is 0 Å². The molecule has 0 saturated heterocycles. The third kappa shape index (κ3) is 3.38. The normalized spacial score (nSPS) is 22.1. The molecule has 1 saturated carbocycles. The number of carbonyl (C=O) groups excluding carboxylic acids is 1. The zero-order valence-electron chi connectivity index (χ0n) is 11.2. The highest BCUT2D eigenvalue weighted by molar-refractivity contribution is 9.10. The molecule has 5 heteroatoms. The standard InChI is InChI=1S/C15H18BrN3O/c16-13-7-10(8-17)5-6-14(13)19-15(20)12-4-2-1-3-11(12)9-18/h5-7,11-12H,1-4,9,18H2,(H,19,20). The summed E-state index contributed by atoms with van der Waals surface area (Å²) >= 11 is 3.38. The van der Waals surface area contributed by atoms with Crippen molar-refractivity contribution in [2.75, 3.05) is 11.9 Å². The van der Waals surface area contributed by atoms with Crippen molar-refractivity contribution in [3.63, 3.8) is 0 Å². The van der Waals surface area contributed by atoms with Crippen molar-refractivity contribution < 1.29 is 4.79 Å². The highest BCUT2D eigenvalue weighted by atomic mass is 79.9. The lowest BCUT2D eigenvalue weighted by atomic mass is 9.78. The molecule has 2 atom stereocenters. The fourth-order valence-electron chi connectivity index (χ4n) is 2.75. The number of halogens is 1. The van der Waals surface area contributed by atoms with Gasteiger partial charge in [0.05, 0.1) is 17.3 Å². The van der Waals surface area contributed by atoms with Gasteiger partial charge in [-0.1, -0.05) is 12.8 Å². The monoisotopic (exact) mass is 335 g/mol. The van der Waals surface area contributed by atoms with E-state index in [-0.39, 0.29) is 17.7 Å². The van der Waals surface area contributed by atoms with Crippen molar-refractivity contribution in [2.45, 2.75) is 25.7 Å². The summed E-state index contributed by atoms with van der Waals surface area (Å²) in [7, 11) is 0. The van der Waals surface area contributed by atoms with Gasteiger partial charge >= 0.3 is 0 Å². The molecule has 1 aliphatic carbocycles. The summed E-state index contributed by atoms with van der Waals surface area (Å²) in [5.74, 6) is 0.308. The average molecular weight is 336 g/mol. The number of nitrogens with zero attached hydrogens (tertiary/aromatic N) is 1.